The molecule has 6 heteroatoms. The van der Waals surface area contributed by atoms with Gasteiger partial charge in [0.2, 0.25) is 0 Å². The van der Waals surface area contributed by atoms with Crippen molar-refractivity contribution in [3.8, 4) is 11.5 Å². The van der Waals surface area contributed by atoms with E-state index >= 15 is 0 Å². The number of carbonyl (C=O) groups excluding carboxylic acids is 1. The van der Waals surface area contributed by atoms with Crippen LogP contribution in [0, 0.1) is 0 Å². The summed E-state index contributed by atoms with van der Waals surface area (Å²) in [6.07, 6.45) is 3.20. The molecule has 2 aromatic heterocycles. The Kier molecular flexibility index (Phi) is 5.07. The van der Waals surface area contributed by atoms with E-state index in [-0.39, 0.29) is 5.91 Å². The highest BCUT2D eigenvalue weighted by atomic mass is 16.3. The van der Waals surface area contributed by atoms with Gasteiger partial charge >= 0.3 is 0 Å². The highest BCUT2D eigenvalue weighted by Crippen LogP contribution is 2.25. The Balaban J connectivity index is 1.59. The Hall–Kier alpha value is -3.93. The van der Waals surface area contributed by atoms with E-state index in [1.807, 2.05) is 73.6 Å². The van der Waals surface area contributed by atoms with E-state index in [4.69, 9.17) is 4.42 Å². The number of pyridine rings is 1. The molecule has 0 aliphatic heterocycles. The number of hydrazone groups is 1. The van der Waals surface area contributed by atoms with Crippen molar-refractivity contribution < 1.29 is 9.21 Å². The number of aromatic nitrogens is 1. The van der Waals surface area contributed by atoms with E-state index in [1.165, 1.54) is 0 Å². The smallest absolute Gasteiger partial charge is 0.272 e. The molecule has 0 spiro atoms. The van der Waals surface area contributed by atoms with Gasteiger partial charge in [-0.05, 0) is 42.0 Å². The number of furan rings is 1. The minimum Gasteiger partial charge on any atom is -0.463 e. The maximum atomic E-state index is 12.8. The average molecular weight is 384 g/mol. The van der Waals surface area contributed by atoms with Crippen LogP contribution in [0.15, 0.2) is 82.5 Å². The third-order valence-corrected chi connectivity index (χ3v) is 4.52. The first-order valence-electron chi connectivity index (χ1n) is 9.16. The average Bonchev–Trinajstić information content (AvgIpc) is 3.28. The summed E-state index contributed by atoms with van der Waals surface area (Å²) in [7, 11) is 3.97. The molecule has 0 unspecified atom stereocenters. The summed E-state index contributed by atoms with van der Waals surface area (Å²) in [5.74, 6) is 0.298. The van der Waals surface area contributed by atoms with Gasteiger partial charge in [-0.1, -0.05) is 30.3 Å². The fraction of sp³-hybridized carbons (Fsp3) is 0.0870. The van der Waals surface area contributed by atoms with Crippen LogP contribution >= 0.6 is 0 Å². The molecule has 144 valence electrons. The number of hydrogen-bond donors (Lipinski definition) is 1. The normalized spacial score (nSPS) is 11.1. The minimum absolute atomic E-state index is 0.308. The number of rotatable bonds is 5. The molecule has 0 radical (unpaired) electrons. The lowest BCUT2D eigenvalue weighted by molar-refractivity contribution is 0.0956. The zero-order valence-electron chi connectivity index (χ0n) is 16.2. The highest BCUT2D eigenvalue weighted by Gasteiger charge is 2.14. The molecule has 0 atom stereocenters. The zero-order valence-corrected chi connectivity index (χ0v) is 16.2. The molecule has 0 saturated carbocycles. The lowest BCUT2D eigenvalue weighted by Crippen LogP contribution is -2.18. The summed E-state index contributed by atoms with van der Waals surface area (Å²) in [4.78, 5) is 19.4. The number of carbonyl (C=O) groups is 1. The van der Waals surface area contributed by atoms with Gasteiger partial charge in [-0.3, -0.25) is 4.79 Å². The van der Waals surface area contributed by atoms with Gasteiger partial charge in [0.1, 0.15) is 5.69 Å². The van der Waals surface area contributed by atoms with Crippen LogP contribution in [-0.4, -0.2) is 31.2 Å². The standard InChI is InChI=1S/C23H20N4O2/c1-27(2)17-11-9-16(10-12-17)15-24-26-23(28)19-14-21(22-8-5-13-29-22)25-20-7-4-3-6-18(19)20/h3-15H,1-2H3,(H,26,28)/b24-15-. The molecule has 0 saturated heterocycles. The van der Waals surface area contributed by atoms with E-state index in [1.54, 1.807) is 24.6 Å². The van der Waals surface area contributed by atoms with Crippen LogP contribution in [0.2, 0.25) is 0 Å². The van der Waals surface area contributed by atoms with Gasteiger partial charge in [0.25, 0.3) is 5.91 Å². The first kappa shape index (κ1) is 18.4. The number of fused-ring (bicyclic) bond motifs is 1. The summed E-state index contributed by atoms with van der Waals surface area (Å²) in [6, 6.07) is 20.7. The van der Waals surface area contributed by atoms with Gasteiger partial charge in [0.05, 0.1) is 23.6 Å². The van der Waals surface area contributed by atoms with Gasteiger partial charge in [-0.15, -0.1) is 0 Å². The summed E-state index contributed by atoms with van der Waals surface area (Å²) in [6.45, 7) is 0. The van der Waals surface area contributed by atoms with Gasteiger partial charge < -0.3 is 9.32 Å². The van der Waals surface area contributed by atoms with Crippen LogP contribution in [0.5, 0.6) is 0 Å². The second kappa shape index (κ2) is 7.98. The number of amides is 1. The predicted octanol–water partition coefficient (Wildman–Crippen LogP) is 4.32. The van der Waals surface area contributed by atoms with E-state index in [0.29, 0.717) is 17.0 Å². The van der Waals surface area contributed by atoms with Gasteiger partial charge in [-0.2, -0.15) is 5.10 Å². The maximum Gasteiger partial charge on any atom is 0.272 e. The molecule has 0 bridgehead atoms. The third kappa shape index (κ3) is 4.01. The lowest BCUT2D eigenvalue weighted by atomic mass is 10.1. The molecule has 0 aliphatic rings. The van der Waals surface area contributed by atoms with E-state index in [0.717, 1.165) is 22.2 Å². The van der Waals surface area contributed by atoms with Crippen molar-refractivity contribution >= 4 is 28.7 Å². The van der Waals surface area contributed by atoms with E-state index in [2.05, 4.69) is 15.5 Å². The molecule has 2 heterocycles. The summed E-state index contributed by atoms with van der Waals surface area (Å²) >= 11 is 0. The molecule has 1 N–H and O–H groups in total. The summed E-state index contributed by atoms with van der Waals surface area (Å²) in [5.41, 5.74) is 6.41. The molecule has 2 aromatic carbocycles. The number of nitrogens with zero attached hydrogens (tertiary/aromatic N) is 3. The number of hydrogen-bond acceptors (Lipinski definition) is 5. The van der Waals surface area contributed by atoms with Crippen molar-refractivity contribution in [2.75, 3.05) is 19.0 Å². The lowest BCUT2D eigenvalue weighted by Gasteiger charge is -2.11. The number of para-hydroxylation sites is 1. The molecule has 0 fully saturated rings. The number of nitrogens with one attached hydrogen (secondary N) is 1. The van der Waals surface area contributed by atoms with Crippen LogP contribution < -0.4 is 10.3 Å². The first-order chi connectivity index (χ1) is 14.1. The van der Waals surface area contributed by atoms with Crippen LogP contribution in [0.3, 0.4) is 0 Å². The fourth-order valence-electron chi connectivity index (χ4n) is 3.00. The van der Waals surface area contributed by atoms with E-state index in [9.17, 15) is 4.79 Å². The van der Waals surface area contributed by atoms with Gasteiger partial charge in [0.15, 0.2) is 5.76 Å². The molecular formula is C23H20N4O2. The molecular weight excluding hydrogens is 364 g/mol. The van der Waals surface area contributed by atoms with Crippen molar-refractivity contribution in [2.24, 2.45) is 5.10 Å². The summed E-state index contributed by atoms with van der Waals surface area (Å²) < 4.78 is 5.44. The van der Waals surface area contributed by atoms with Crippen molar-refractivity contribution in [3.05, 3.63) is 84.1 Å². The van der Waals surface area contributed by atoms with Crippen LogP contribution in [0.1, 0.15) is 15.9 Å². The second-order valence-electron chi connectivity index (χ2n) is 6.73. The Morgan fingerprint density at radius 1 is 1.07 bits per heavy atom. The predicted molar refractivity (Wildman–Crippen MR) is 115 cm³/mol. The largest absolute Gasteiger partial charge is 0.463 e. The Morgan fingerprint density at radius 2 is 1.86 bits per heavy atom. The third-order valence-electron chi connectivity index (χ3n) is 4.52. The molecule has 29 heavy (non-hydrogen) atoms. The van der Waals surface area contributed by atoms with Crippen molar-refractivity contribution in [3.63, 3.8) is 0 Å². The van der Waals surface area contributed by atoms with Crippen molar-refractivity contribution in [1.29, 1.82) is 0 Å². The number of anilines is 1. The van der Waals surface area contributed by atoms with E-state index < -0.39 is 0 Å². The number of benzene rings is 2. The van der Waals surface area contributed by atoms with Gasteiger partial charge in [-0.25, -0.2) is 10.4 Å². The fourth-order valence-corrected chi connectivity index (χ4v) is 3.00. The van der Waals surface area contributed by atoms with Crippen molar-refractivity contribution in [1.82, 2.24) is 10.4 Å². The summed E-state index contributed by atoms with van der Waals surface area (Å²) in [5, 5.41) is 4.87. The molecule has 0 aliphatic carbocycles. The van der Waals surface area contributed by atoms with Crippen molar-refractivity contribution in [2.45, 2.75) is 0 Å². The zero-order chi connectivity index (χ0) is 20.2. The van der Waals surface area contributed by atoms with Crippen LogP contribution in [-0.2, 0) is 0 Å². The van der Waals surface area contributed by atoms with Gasteiger partial charge in [0, 0.05) is 25.2 Å². The highest BCUT2D eigenvalue weighted by molar-refractivity contribution is 6.07. The molecule has 1 amide bonds. The quantitative estimate of drug-likeness (QED) is 0.411. The SMILES string of the molecule is CN(C)c1ccc(/C=N\NC(=O)c2cc(-c3ccco3)nc3ccccc23)cc1. The minimum atomic E-state index is -0.308. The molecule has 4 aromatic rings. The maximum absolute atomic E-state index is 12.8. The first-order valence-corrected chi connectivity index (χ1v) is 9.16. The Morgan fingerprint density at radius 3 is 2.59 bits per heavy atom. The van der Waals surface area contributed by atoms with Crippen LogP contribution in [0.4, 0.5) is 5.69 Å². The molecule has 4 rings (SSSR count). The second-order valence-corrected chi connectivity index (χ2v) is 6.73. The van der Waals surface area contributed by atoms with Crippen LogP contribution in [0.25, 0.3) is 22.4 Å². The Labute approximate surface area is 168 Å². The monoisotopic (exact) mass is 384 g/mol. The Bertz CT molecular complexity index is 1160. The molecule has 6 nitrogen and oxygen atoms in total. The topological polar surface area (TPSA) is 70.7 Å².